The van der Waals surface area contributed by atoms with E-state index in [4.69, 9.17) is 0 Å². The Hall–Kier alpha value is -0.300. The van der Waals surface area contributed by atoms with Crippen molar-refractivity contribution in [2.75, 3.05) is 0 Å². The average molecular weight is 170 g/mol. The molecule has 72 valence electrons. The summed E-state index contributed by atoms with van der Waals surface area (Å²) in [5.41, 5.74) is -0.518. The van der Waals surface area contributed by atoms with Crippen molar-refractivity contribution in [2.45, 2.75) is 52.6 Å². The lowest BCUT2D eigenvalue weighted by atomic mass is 9.88. The van der Waals surface area contributed by atoms with Crippen molar-refractivity contribution in [2.24, 2.45) is 5.92 Å². The second-order valence-corrected chi connectivity index (χ2v) is 4.05. The van der Waals surface area contributed by atoms with Crippen LogP contribution in [0.4, 0.5) is 0 Å². The molecule has 0 aliphatic rings. The monoisotopic (exact) mass is 170 g/mol. The zero-order chi connectivity index (χ0) is 9.61. The maximum absolute atomic E-state index is 9.62. The third kappa shape index (κ3) is 5.36. The maximum Gasteiger partial charge on any atom is 0.0617 e. The number of rotatable bonds is 5. The summed E-state index contributed by atoms with van der Waals surface area (Å²) >= 11 is 0. The highest BCUT2D eigenvalue weighted by Crippen LogP contribution is 2.21. The first kappa shape index (κ1) is 11.7. The van der Waals surface area contributed by atoms with Crippen LogP contribution in [0.3, 0.4) is 0 Å². The SMILES string of the molecule is CC=CCCCC(C)C(C)(C)O. The second kappa shape index (κ2) is 5.36. The van der Waals surface area contributed by atoms with Gasteiger partial charge >= 0.3 is 0 Å². The van der Waals surface area contributed by atoms with Gasteiger partial charge in [-0.15, -0.1) is 0 Å². The molecule has 12 heavy (non-hydrogen) atoms. The van der Waals surface area contributed by atoms with E-state index in [1.807, 2.05) is 20.8 Å². The predicted molar refractivity (Wildman–Crippen MR) is 54.1 cm³/mol. The lowest BCUT2D eigenvalue weighted by Crippen LogP contribution is -2.28. The molecule has 0 aliphatic carbocycles. The zero-order valence-corrected chi connectivity index (χ0v) is 8.80. The molecule has 0 saturated heterocycles. The first-order valence-electron chi connectivity index (χ1n) is 4.82. The van der Waals surface area contributed by atoms with Crippen molar-refractivity contribution in [1.82, 2.24) is 0 Å². The van der Waals surface area contributed by atoms with Crippen molar-refractivity contribution < 1.29 is 5.11 Å². The normalized spacial score (nSPS) is 15.4. The maximum atomic E-state index is 9.62. The van der Waals surface area contributed by atoms with Gasteiger partial charge in [-0.1, -0.05) is 19.1 Å². The highest BCUT2D eigenvalue weighted by molar-refractivity contribution is 4.78. The van der Waals surface area contributed by atoms with Crippen LogP contribution in [0.1, 0.15) is 47.0 Å². The minimum atomic E-state index is -0.518. The Balaban J connectivity index is 3.51. The Bertz CT molecular complexity index is 130. The zero-order valence-electron chi connectivity index (χ0n) is 8.80. The van der Waals surface area contributed by atoms with Crippen LogP contribution in [0.15, 0.2) is 12.2 Å². The standard InChI is InChI=1S/C11H22O/c1-5-6-7-8-9-10(2)11(3,4)12/h5-6,10,12H,7-9H2,1-4H3. The Morgan fingerprint density at radius 2 is 2.00 bits per heavy atom. The lowest BCUT2D eigenvalue weighted by molar-refractivity contribution is 0.0207. The summed E-state index contributed by atoms with van der Waals surface area (Å²) in [5.74, 6) is 0.391. The highest BCUT2D eigenvalue weighted by atomic mass is 16.3. The fourth-order valence-corrected chi connectivity index (χ4v) is 1.06. The second-order valence-electron chi connectivity index (χ2n) is 4.05. The van der Waals surface area contributed by atoms with E-state index < -0.39 is 5.60 Å². The van der Waals surface area contributed by atoms with Gasteiger partial charge < -0.3 is 5.11 Å². The minimum Gasteiger partial charge on any atom is -0.390 e. The summed E-state index contributed by atoms with van der Waals surface area (Å²) in [5, 5.41) is 9.62. The minimum absolute atomic E-state index is 0.391. The van der Waals surface area contributed by atoms with E-state index in [0.29, 0.717) is 5.92 Å². The van der Waals surface area contributed by atoms with Gasteiger partial charge in [0, 0.05) is 0 Å². The Morgan fingerprint density at radius 3 is 2.42 bits per heavy atom. The van der Waals surface area contributed by atoms with Crippen LogP contribution in [-0.4, -0.2) is 10.7 Å². The van der Waals surface area contributed by atoms with Crippen molar-refractivity contribution >= 4 is 0 Å². The molecule has 0 bridgehead atoms. The molecule has 0 aliphatic heterocycles. The molecule has 0 aromatic carbocycles. The molecule has 0 aromatic rings. The number of hydrogen-bond donors (Lipinski definition) is 1. The fourth-order valence-electron chi connectivity index (χ4n) is 1.06. The van der Waals surface area contributed by atoms with Crippen LogP contribution in [0.2, 0.25) is 0 Å². The third-order valence-corrected chi connectivity index (χ3v) is 2.45. The quantitative estimate of drug-likeness (QED) is 0.496. The molecule has 0 spiro atoms. The number of unbranched alkanes of at least 4 members (excludes halogenated alkanes) is 1. The van der Waals surface area contributed by atoms with E-state index in [1.165, 1.54) is 6.42 Å². The molecule has 0 aromatic heterocycles. The third-order valence-electron chi connectivity index (χ3n) is 2.45. The molecule has 1 heteroatoms. The van der Waals surface area contributed by atoms with Crippen LogP contribution in [0, 0.1) is 5.92 Å². The van der Waals surface area contributed by atoms with Crippen molar-refractivity contribution in [3.05, 3.63) is 12.2 Å². The molecule has 0 rings (SSSR count). The predicted octanol–water partition coefficient (Wildman–Crippen LogP) is 3.14. The molecule has 1 unspecified atom stereocenters. The van der Waals surface area contributed by atoms with Gasteiger partial charge in [0.25, 0.3) is 0 Å². The van der Waals surface area contributed by atoms with E-state index in [-0.39, 0.29) is 0 Å². The highest BCUT2D eigenvalue weighted by Gasteiger charge is 2.20. The summed E-state index contributed by atoms with van der Waals surface area (Å²) in [6.07, 6.45) is 7.67. The van der Waals surface area contributed by atoms with Gasteiger partial charge in [0.2, 0.25) is 0 Å². The summed E-state index contributed by atoms with van der Waals surface area (Å²) < 4.78 is 0. The average Bonchev–Trinajstić information content (AvgIpc) is 1.96. The van der Waals surface area contributed by atoms with Crippen LogP contribution >= 0.6 is 0 Å². The molecule has 1 atom stereocenters. The van der Waals surface area contributed by atoms with Gasteiger partial charge in [0.05, 0.1) is 5.60 Å². The van der Waals surface area contributed by atoms with Crippen molar-refractivity contribution in [3.8, 4) is 0 Å². The molecule has 0 amide bonds. The topological polar surface area (TPSA) is 20.2 Å². The van der Waals surface area contributed by atoms with Gasteiger partial charge in [0.15, 0.2) is 0 Å². The Labute approximate surface area is 76.5 Å². The first-order chi connectivity index (χ1) is 5.48. The van der Waals surface area contributed by atoms with Crippen LogP contribution in [0.5, 0.6) is 0 Å². The lowest BCUT2D eigenvalue weighted by Gasteiger charge is -2.25. The van der Waals surface area contributed by atoms with Gasteiger partial charge in [-0.05, 0) is 46.0 Å². The molecule has 0 saturated carbocycles. The van der Waals surface area contributed by atoms with E-state index in [1.54, 1.807) is 0 Å². The largest absolute Gasteiger partial charge is 0.390 e. The van der Waals surface area contributed by atoms with Gasteiger partial charge in [-0.2, -0.15) is 0 Å². The number of aliphatic hydroxyl groups is 1. The van der Waals surface area contributed by atoms with Crippen LogP contribution < -0.4 is 0 Å². The Morgan fingerprint density at radius 1 is 1.42 bits per heavy atom. The van der Waals surface area contributed by atoms with Crippen molar-refractivity contribution in [1.29, 1.82) is 0 Å². The number of hydrogen-bond acceptors (Lipinski definition) is 1. The molecule has 0 fully saturated rings. The summed E-state index contributed by atoms with van der Waals surface area (Å²) in [6.45, 7) is 7.91. The summed E-state index contributed by atoms with van der Waals surface area (Å²) in [6, 6.07) is 0. The molecular weight excluding hydrogens is 148 g/mol. The van der Waals surface area contributed by atoms with Gasteiger partial charge in [0.1, 0.15) is 0 Å². The molecule has 1 N–H and O–H groups in total. The number of allylic oxidation sites excluding steroid dienone is 2. The smallest absolute Gasteiger partial charge is 0.0617 e. The summed E-state index contributed by atoms with van der Waals surface area (Å²) in [4.78, 5) is 0. The van der Waals surface area contributed by atoms with Crippen LogP contribution in [0.25, 0.3) is 0 Å². The van der Waals surface area contributed by atoms with E-state index >= 15 is 0 Å². The van der Waals surface area contributed by atoms with E-state index in [2.05, 4.69) is 19.1 Å². The summed E-state index contributed by atoms with van der Waals surface area (Å²) in [7, 11) is 0. The molecule has 0 radical (unpaired) electrons. The van der Waals surface area contributed by atoms with E-state index in [0.717, 1.165) is 12.8 Å². The molecular formula is C11H22O. The van der Waals surface area contributed by atoms with Gasteiger partial charge in [-0.25, -0.2) is 0 Å². The van der Waals surface area contributed by atoms with Crippen molar-refractivity contribution in [3.63, 3.8) is 0 Å². The van der Waals surface area contributed by atoms with Crippen LogP contribution in [-0.2, 0) is 0 Å². The van der Waals surface area contributed by atoms with Gasteiger partial charge in [-0.3, -0.25) is 0 Å². The molecule has 0 heterocycles. The first-order valence-corrected chi connectivity index (χ1v) is 4.82. The van der Waals surface area contributed by atoms with E-state index in [9.17, 15) is 5.11 Å². The Kier molecular flexibility index (Phi) is 5.23. The fraction of sp³-hybridized carbons (Fsp3) is 0.818. The molecule has 1 nitrogen and oxygen atoms in total.